The van der Waals surface area contributed by atoms with Gasteiger partial charge in [0.1, 0.15) is 4.21 Å². The number of ether oxygens (including phenoxy) is 1. The Morgan fingerprint density at radius 3 is 2.75 bits per heavy atom. The molecule has 0 saturated heterocycles. The van der Waals surface area contributed by atoms with Crippen LogP contribution in [0.25, 0.3) is 0 Å². The molecule has 92 valence electrons. The molecule has 1 aromatic rings. The molecular formula is C8H11BrClNO3S2. The van der Waals surface area contributed by atoms with Crippen molar-refractivity contribution in [2.24, 2.45) is 0 Å². The van der Waals surface area contributed by atoms with Gasteiger partial charge in [-0.15, -0.1) is 11.3 Å². The average Bonchev–Trinajstić information content (AvgIpc) is 2.47. The maximum absolute atomic E-state index is 11.8. The van der Waals surface area contributed by atoms with Crippen LogP contribution in [0.15, 0.2) is 14.1 Å². The first-order valence-electron chi connectivity index (χ1n) is 4.33. The van der Waals surface area contributed by atoms with E-state index in [-0.39, 0.29) is 10.3 Å². The average molecular weight is 349 g/mol. The number of methoxy groups -OCH3 is 1. The fraction of sp³-hybridized carbons (Fsp3) is 0.500. The summed E-state index contributed by atoms with van der Waals surface area (Å²) in [5, 5.41) is 0.393. The van der Waals surface area contributed by atoms with E-state index >= 15 is 0 Å². The van der Waals surface area contributed by atoms with E-state index in [2.05, 4.69) is 20.7 Å². The van der Waals surface area contributed by atoms with Crippen molar-refractivity contribution in [1.82, 2.24) is 4.72 Å². The number of rotatable bonds is 5. The lowest BCUT2D eigenvalue weighted by Gasteiger charge is -2.11. The molecule has 1 atom stereocenters. The van der Waals surface area contributed by atoms with Gasteiger partial charge in [0.2, 0.25) is 10.0 Å². The van der Waals surface area contributed by atoms with Gasteiger partial charge in [0.25, 0.3) is 0 Å². The highest BCUT2D eigenvalue weighted by Crippen LogP contribution is 2.34. The van der Waals surface area contributed by atoms with E-state index in [1.807, 2.05) is 0 Å². The van der Waals surface area contributed by atoms with E-state index in [9.17, 15) is 8.42 Å². The van der Waals surface area contributed by atoms with Crippen LogP contribution in [0.2, 0.25) is 5.02 Å². The second-order valence-electron chi connectivity index (χ2n) is 3.16. The molecule has 0 aliphatic carbocycles. The van der Waals surface area contributed by atoms with E-state index in [0.29, 0.717) is 15.4 Å². The standard InChI is InChI=1S/C8H11BrClNO3S2/c1-5(4-14-2)11-16(12,13)7-3-6(10)8(9)15-7/h3,5,11H,4H2,1-2H3. The minimum Gasteiger partial charge on any atom is -0.383 e. The number of nitrogens with one attached hydrogen (secondary N) is 1. The normalized spacial score (nSPS) is 14.0. The fourth-order valence-electron chi connectivity index (χ4n) is 1.07. The van der Waals surface area contributed by atoms with Gasteiger partial charge in [0.05, 0.1) is 15.4 Å². The SMILES string of the molecule is COCC(C)NS(=O)(=O)c1cc(Cl)c(Br)s1. The summed E-state index contributed by atoms with van der Waals surface area (Å²) in [5.41, 5.74) is 0. The number of halogens is 2. The van der Waals surface area contributed by atoms with Crippen molar-refractivity contribution in [3.05, 3.63) is 14.9 Å². The van der Waals surface area contributed by atoms with E-state index < -0.39 is 10.0 Å². The third-order valence-electron chi connectivity index (χ3n) is 1.66. The molecule has 1 rings (SSSR count). The van der Waals surface area contributed by atoms with Crippen molar-refractivity contribution < 1.29 is 13.2 Å². The Morgan fingerprint density at radius 1 is 1.69 bits per heavy atom. The zero-order valence-corrected chi connectivity index (χ0v) is 12.6. The topological polar surface area (TPSA) is 55.4 Å². The van der Waals surface area contributed by atoms with Crippen LogP contribution in [0.1, 0.15) is 6.92 Å². The summed E-state index contributed by atoms with van der Waals surface area (Å²) in [4.78, 5) is 0. The van der Waals surface area contributed by atoms with Crippen LogP contribution in [-0.4, -0.2) is 28.2 Å². The Hall–Kier alpha value is 0.340. The molecule has 0 spiro atoms. The van der Waals surface area contributed by atoms with Crippen molar-refractivity contribution >= 4 is 48.9 Å². The van der Waals surface area contributed by atoms with Gasteiger partial charge in [-0.3, -0.25) is 0 Å². The molecule has 0 saturated carbocycles. The van der Waals surface area contributed by atoms with Crippen LogP contribution in [0.4, 0.5) is 0 Å². The summed E-state index contributed by atoms with van der Waals surface area (Å²) in [6, 6.07) is 1.13. The second kappa shape index (κ2) is 5.79. The largest absolute Gasteiger partial charge is 0.383 e. The monoisotopic (exact) mass is 347 g/mol. The molecule has 0 aromatic carbocycles. The summed E-state index contributed by atoms with van der Waals surface area (Å²) in [6.07, 6.45) is 0. The van der Waals surface area contributed by atoms with Gasteiger partial charge >= 0.3 is 0 Å². The molecule has 8 heteroatoms. The summed E-state index contributed by atoms with van der Waals surface area (Å²) < 4.78 is 31.8. The van der Waals surface area contributed by atoms with Crippen molar-refractivity contribution in [2.45, 2.75) is 17.2 Å². The van der Waals surface area contributed by atoms with Crippen molar-refractivity contribution in [1.29, 1.82) is 0 Å². The minimum absolute atomic E-state index is 0.187. The van der Waals surface area contributed by atoms with Gasteiger partial charge in [0.15, 0.2) is 0 Å². The lowest BCUT2D eigenvalue weighted by atomic mass is 10.4. The lowest BCUT2D eigenvalue weighted by molar-refractivity contribution is 0.180. The summed E-state index contributed by atoms with van der Waals surface area (Å²) in [5.74, 6) is 0. The van der Waals surface area contributed by atoms with E-state index in [0.717, 1.165) is 11.3 Å². The van der Waals surface area contributed by atoms with Gasteiger partial charge in [0, 0.05) is 13.2 Å². The van der Waals surface area contributed by atoms with E-state index in [1.54, 1.807) is 6.92 Å². The molecular weight excluding hydrogens is 338 g/mol. The Bertz CT molecular complexity index is 440. The molecule has 1 unspecified atom stereocenters. The third kappa shape index (κ3) is 3.68. The molecule has 16 heavy (non-hydrogen) atoms. The maximum Gasteiger partial charge on any atom is 0.250 e. The molecule has 0 bridgehead atoms. The highest BCUT2D eigenvalue weighted by molar-refractivity contribution is 9.11. The maximum atomic E-state index is 11.8. The molecule has 1 aromatic heterocycles. The zero-order chi connectivity index (χ0) is 12.3. The highest BCUT2D eigenvalue weighted by atomic mass is 79.9. The van der Waals surface area contributed by atoms with Crippen LogP contribution < -0.4 is 4.72 Å². The smallest absolute Gasteiger partial charge is 0.250 e. The zero-order valence-electron chi connectivity index (χ0n) is 8.66. The molecule has 0 aliphatic rings. The van der Waals surface area contributed by atoms with Crippen molar-refractivity contribution in [3.8, 4) is 0 Å². The van der Waals surface area contributed by atoms with E-state index in [1.165, 1.54) is 13.2 Å². The van der Waals surface area contributed by atoms with Crippen LogP contribution in [-0.2, 0) is 14.8 Å². The lowest BCUT2D eigenvalue weighted by Crippen LogP contribution is -2.35. The highest BCUT2D eigenvalue weighted by Gasteiger charge is 2.21. The van der Waals surface area contributed by atoms with Crippen LogP contribution in [0.5, 0.6) is 0 Å². The van der Waals surface area contributed by atoms with Gasteiger partial charge in [-0.05, 0) is 28.9 Å². The van der Waals surface area contributed by atoms with Gasteiger partial charge < -0.3 is 4.74 Å². The molecule has 1 heterocycles. The number of thiophene rings is 1. The molecule has 0 amide bonds. The van der Waals surface area contributed by atoms with Crippen molar-refractivity contribution in [2.75, 3.05) is 13.7 Å². The Kier molecular flexibility index (Phi) is 5.21. The van der Waals surface area contributed by atoms with E-state index in [4.69, 9.17) is 16.3 Å². The minimum atomic E-state index is -3.51. The molecule has 1 N–H and O–H groups in total. The Balaban J connectivity index is 2.86. The first-order chi connectivity index (χ1) is 7.36. The quantitative estimate of drug-likeness (QED) is 0.889. The van der Waals surface area contributed by atoms with Crippen molar-refractivity contribution in [3.63, 3.8) is 0 Å². The molecule has 0 fully saturated rings. The number of sulfonamides is 1. The number of hydrogen-bond acceptors (Lipinski definition) is 4. The fourth-order valence-corrected chi connectivity index (χ4v) is 4.71. The third-order valence-corrected chi connectivity index (χ3v) is 6.20. The van der Waals surface area contributed by atoms with Crippen LogP contribution in [0.3, 0.4) is 0 Å². The predicted octanol–water partition coefficient (Wildman–Crippen LogP) is 2.48. The predicted molar refractivity (Wildman–Crippen MR) is 68.7 cm³/mol. The first-order valence-corrected chi connectivity index (χ1v) is 7.80. The van der Waals surface area contributed by atoms with Crippen LogP contribution in [0, 0.1) is 0 Å². The summed E-state index contributed by atoms with van der Waals surface area (Å²) in [6.45, 7) is 2.05. The van der Waals surface area contributed by atoms with Gasteiger partial charge in [-0.2, -0.15) is 0 Å². The van der Waals surface area contributed by atoms with Gasteiger partial charge in [-0.1, -0.05) is 11.6 Å². The van der Waals surface area contributed by atoms with Crippen LogP contribution >= 0.6 is 38.9 Å². The Morgan fingerprint density at radius 2 is 2.31 bits per heavy atom. The Labute approximate surface area is 112 Å². The molecule has 0 aliphatic heterocycles. The molecule has 0 radical (unpaired) electrons. The summed E-state index contributed by atoms with van der Waals surface area (Å²) in [7, 11) is -1.99. The molecule has 4 nitrogen and oxygen atoms in total. The number of hydrogen-bond donors (Lipinski definition) is 1. The second-order valence-corrected chi connectivity index (χ2v) is 7.88. The first kappa shape index (κ1) is 14.4. The summed E-state index contributed by atoms with van der Waals surface area (Å²) >= 11 is 10.0. The van der Waals surface area contributed by atoms with Gasteiger partial charge in [-0.25, -0.2) is 13.1 Å².